The van der Waals surface area contributed by atoms with E-state index >= 15 is 0 Å². The maximum Gasteiger partial charge on any atom is 0.0445 e. The molecule has 1 aromatic rings. The van der Waals surface area contributed by atoms with Gasteiger partial charge in [-0.3, -0.25) is 4.90 Å². The molecule has 0 radical (unpaired) electrons. The van der Waals surface area contributed by atoms with Crippen LogP contribution in [0.2, 0.25) is 0 Å². The minimum absolute atomic E-state index is 0.312. The van der Waals surface area contributed by atoms with Crippen LogP contribution in [-0.2, 0) is 6.54 Å². The van der Waals surface area contributed by atoms with Crippen molar-refractivity contribution in [2.45, 2.75) is 38.3 Å². The molecule has 1 aliphatic rings. The van der Waals surface area contributed by atoms with E-state index in [1.165, 1.54) is 35.2 Å². The molecule has 2 nitrogen and oxygen atoms in total. The number of piperidine rings is 1. The molecule has 2 rings (SSSR count). The molecule has 1 unspecified atom stereocenters. The summed E-state index contributed by atoms with van der Waals surface area (Å²) in [6, 6.07) is 2.69. The molecular formula is C12H18BrNOS. The van der Waals surface area contributed by atoms with Gasteiger partial charge in [-0.2, -0.15) is 0 Å². The SMILES string of the molecule is OCCC1CCCCN1Cc1sccc1Br. The van der Waals surface area contributed by atoms with Gasteiger partial charge in [0, 0.05) is 28.5 Å². The number of hydrogen-bond acceptors (Lipinski definition) is 3. The van der Waals surface area contributed by atoms with Crippen molar-refractivity contribution in [2.75, 3.05) is 13.2 Å². The Morgan fingerprint density at radius 1 is 1.50 bits per heavy atom. The standard InChI is InChI=1S/C12H18BrNOS/c13-11-5-8-16-12(11)9-14-6-2-1-3-10(14)4-7-15/h5,8,10,15H,1-4,6-7,9H2. The van der Waals surface area contributed by atoms with Crippen LogP contribution in [0.5, 0.6) is 0 Å². The lowest BCUT2D eigenvalue weighted by molar-refractivity contribution is 0.113. The van der Waals surface area contributed by atoms with Crippen LogP contribution in [0, 0.1) is 0 Å². The van der Waals surface area contributed by atoms with E-state index in [1.54, 1.807) is 0 Å². The molecule has 1 N–H and O–H groups in total. The number of rotatable bonds is 4. The summed E-state index contributed by atoms with van der Waals surface area (Å²) in [5.74, 6) is 0. The first kappa shape index (κ1) is 12.6. The second-order valence-electron chi connectivity index (χ2n) is 4.32. The summed E-state index contributed by atoms with van der Waals surface area (Å²) in [6.45, 7) is 2.52. The second-order valence-corrected chi connectivity index (χ2v) is 6.18. The number of halogens is 1. The van der Waals surface area contributed by atoms with Crippen molar-refractivity contribution in [2.24, 2.45) is 0 Å². The fourth-order valence-electron chi connectivity index (χ4n) is 2.37. The van der Waals surface area contributed by atoms with Gasteiger partial charge in [-0.1, -0.05) is 6.42 Å². The minimum atomic E-state index is 0.312. The van der Waals surface area contributed by atoms with Gasteiger partial charge in [-0.15, -0.1) is 11.3 Å². The maximum atomic E-state index is 9.08. The van der Waals surface area contributed by atoms with Crippen molar-refractivity contribution in [1.29, 1.82) is 0 Å². The van der Waals surface area contributed by atoms with Crippen LogP contribution in [0.15, 0.2) is 15.9 Å². The van der Waals surface area contributed by atoms with Gasteiger partial charge in [-0.25, -0.2) is 0 Å². The zero-order valence-corrected chi connectivity index (χ0v) is 11.8. The lowest BCUT2D eigenvalue weighted by atomic mass is 9.99. The van der Waals surface area contributed by atoms with E-state index in [4.69, 9.17) is 5.11 Å². The molecule has 1 aromatic heterocycles. The minimum Gasteiger partial charge on any atom is -0.396 e. The lowest BCUT2D eigenvalue weighted by Gasteiger charge is -2.35. The summed E-state index contributed by atoms with van der Waals surface area (Å²) in [6.07, 6.45) is 4.77. The summed E-state index contributed by atoms with van der Waals surface area (Å²) in [5.41, 5.74) is 0. The number of nitrogens with zero attached hydrogens (tertiary/aromatic N) is 1. The lowest BCUT2D eigenvalue weighted by Crippen LogP contribution is -2.39. The van der Waals surface area contributed by atoms with Gasteiger partial charge < -0.3 is 5.11 Å². The van der Waals surface area contributed by atoms with Crippen LogP contribution in [0.1, 0.15) is 30.6 Å². The third kappa shape index (κ3) is 3.06. The highest BCUT2D eigenvalue weighted by Gasteiger charge is 2.22. The fourth-order valence-corrected chi connectivity index (χ4v) is 3.87. The zero-order chi connectivity index (χ0) is 11.4. The molecule has 1 saturated heterocycles. The Kier molecular flexibility index (Phi) is 4.82. The Hall–Kier alpha value is 0.100. The van der Waals surface area contributed by atoms with Crippen LogP contribution in [0.25, 0.3) is 0 Å². The predicted molar refractivity (Wildman–Crippen MR) is 71.8 cm³/mol. The first-order valence-electron chi connectivity index (χ1n) is 5.88. The Morgan fingerprint density at radius 2 is 2.38 bits per heavy atom. The number of aliphatic hydroxyl groups excluding tert-OH is 1. The van der Waals surface area contributed by atoms with Crippen LogP contribution in [0.4, 0.5) is 0 Å². The monoisotopic (exact) mass is 303 g/mol. The molecule has 90 valence electrons. The van der Waals surface area contributed by atoms with Gasteiger partial charge in [0.05, 0.1) is 0 Å². The van der Waals surface area contributed by atoms with Crippen LogP contribution in [0.3, 0.4) is 0 Å². The average molecular weight is 304 g/mol. The fraction of sp³-hybridized carbons (Fsp3) is 0.667. The summed E-state index contributed by atoms with van der Waals surface area (Å²) >= 11 is 5.40. The molecule has 0 aliphatic carbocycles. The number of hydrogen-bond donors (Lipinski definition) is 1. The molecule has 16 heavy (non-hydrogen) atoms. The summed E-state index contributed by atoms with van der Waals surface area (Å²) < 4.78 is 1.23. The van der Waals surface area contributed by atoms with Gasteiger partial charge in [0.15, 0.2) is 0 Å². The third-order valence-electron chi connectivity index (χ3n) is 3.25. The van der Waals surface area contributed by atoms with Crippen LogP contribution >= 0.6 is 27.3 Å². The third-order valence-corrected chi connectivity index (χ3v) is 5.16. The van der Waals surface area contributed by atoms with Crippen molar-refractivity contribution in [3.8, 4) is 0 Å². The van der Waals surface area contributed by atoms with E-state index in [-0.39, 0.29) is 0 Å². The van der Waals surface area contributed by atoms with Gasteiger partial charge in [0.1, 0.15) is 0 Å². The normalized spacial score (nSPS) is 22.5. The van der Waals surface area contributed by atoms with E-state index < -0.39 is 0 Å². The maximum absolute atomic E-state index is 9.08. The van der Waals surface area contributed by atoms with Crippen molar-refractivity contribution in [3.63, 3.8) is 0 Å². The quantitative estimate of drug-likeness (QED) is 0.923. The average Bonchev–Trinajstić information content (AvgIpc) is 2.68. The van der Waals surface area contributed by atoms with E-state index in [2.05, 4.69) is 32.3 Å². The van der Waals surface area contributed by atoms with Crippen molar-refractivity contribution < 1.29 is 5.11 Å². The Morgan fingerprint density at radius 3 is 3.06 bits per heavy atom. The first-order chi connectivity index (χ1) is 7.81. The van der Waals surface area contributed by atoms with Crippen molar-refractivity contribution >= 4 is 27.3 Å². The van der Waals surface area contributed by atoms with Crippen molar-refractivity contribution in [1.82, 2.24) is 4.90 Å². The van der Waals surface area contributed by atoms with Crippen LogP contribution < -0.4 is 0 Å². The van der Waals surface area contributed by atoms with Gasteiger partial charge in [-0.05, 0) is 53.2 Å². The summed E-state index contributed by atoms with van der Waals surface area (Å²) in [4.78, 5) is 3.93. The number of likely N-dealkylation sites (tertiary alicyclic amines) is 1. The zero-order valence-electron chi connectivity index (χ0n) is 9.36. The molecule has 4 heteroatoms. The molecule has 0 aromatic carbocycles. The highest BCUT2D eigenvalue weighted by atomic mass is 79.9. The molecule has 0 bridgehead atoms. The van der Waals surface area contributed by atoms with Gasteiger partial charge >= 0.3 is 0 Å². The van der Waals surface area contributed by atoms with Crippen molar-refractivity contribution in [3.05, 3.63) is 20.8 Å². The predicted octanol–water partition coefficient (Wildman–Crippen LogP) is 3.25. The molecule has 1 atom stereocenters. The second kappa shape index (κ2) is 6.15. The molecular weight excluding hydrogens is 286 g/mol. The Balaban J connectivity index is 1.98. The topological polar surface area (TPSA) is 23.5 Å². The van der Waals surface area contributed by atoms with E-state index in [1.807, 2.05) is 11.3 Å². The van der Waals surface area contributed by atoms with E-state index in [0.717, 1.165) is 13.0 Å². The summed E-state index contributed by atoms with van der Waals surface area (Å²) in [7, 11) is 0. The Bertz CT molecular complexity index is 327. The van der Waals surface area contributed by atoms with E-state index in [9.17, 15) is 0 Å². The summed E-state index contributed by atoms with van der Waals surface area (Å²) in [5, 5.41) is 11.2. The van der Waals surface area contributed by atoms with Crippen LogP contribution in [-0.4, -0.2) is 29.2 Å². The molecule has 1 aliphatic heterocycles. The van der Waals surface area contributed by atoms with Gasteiger partial charge in [0.25, 0.3) is 0 Å². The molecule has 0 spiro atoms. The smallest absolute Gasteiger partial charge is 0.0445 e. The highest BCUT2D eigenvalue weighted by molar-refractivity contribution is 9.10. The Labute approximate surface area is 109 Å². The molecule has 0 amide bonds. The number of thiophene rings is 1. The molecule has 0 saturated carbocycles. The largest absolute Gasteiger partial charge is 0.396 e. The first-order valence-corrected chi connectivity index (χ1v) is 7.55. The molecule has 1 fully saturated rings. The van der Waals surface area contributed by atoms with E-state index in [0.29, 0.717) is 12.6 Å². The number of aliphatic hydroxyl groups is 1. The van der Waals surface area contributed by atoms with Gasteiger partial charge in [0.2, 0.25) is 0 Å². The molecule has 2 heterocycles. The highest BCUT2D eigenvalue weighted by Crippen LogP contribution is 2.28.